The van der Waals surface area contributed by atoms with Gasteiger partial charge in [-0.05, 0) is 54.9 Å². The molecule has 0 aromatic carbocycles. The summed E-state index contributed by atoms with van der Waals surface area (Å²) >= 11 is 0. The number of pyridine rings is 1. The fourth-order valence-corrected chi connectivity index (χ4v) is 3.34. The molecule has 0 radical (unpaired) electrons. The van der Waals surface area contributed by atoms with Crippen LogP contribution in [0.4, 0.5) is 5.82 Å². The van der Waals surface area contributed by atoms with Gasteiger partial charge in [0.15, 0.2) is 0 Å². The van der Waals surface area contributed by atoms with Gasteiger partial charge in [-0.3, -0.25) is 9.88 Å². The summed E-state index contributed by atoms with van der Waals surface area (Å²) in [4.78, 5) is 15.6. The summed E-state index contributed by atoms with van der Waals surface area (Å²) < 4.78 is 0. The number of aromatic nitrogens is 3. The Hall–Kier alpha value is -2.01. The Kier molecular flexibility index (Phi) is 3.95. The molecule has 3 heterocycles. The van der Waals surface area contributed by atoms with Gasteiger partial charge in [0, 0.05) is 44.8 Å². The van der Waals surface area contributed by atoms with E-state index < -0.39 is 0 Å². The Morgan fingerprint density at radius 1 is 1.30 bits per heavy atom. The summed E-state index contributed by atoms with van der Waals surface area (Å²) in [5.74, 6) is 2.62. The Bertz CT molecular complexity index is 696. The first-order valence-electron chi connectivity index (χ1n) is 8.48. The van der Waals surface area contributed by atoms with Crippen LogP contribution < -0.4 is 5.32 Å². The topological polar surface area (TPSA) is 53.9 Å². The van der Waals surface area contributed by atoms with Crippen LogP contribution in [0.3, 0.4) is 0 Å². The number of rotatable bonds is 5. The highest BCUT2D eigenvalue weighted by atomic mass is 15.1. The molecule has 4 rings (SSSR count). The fourth-order valence-electron chi connectivity index (χ4n) is 3.34. The normalized spacial score (nSPS) is 17.8. The minimum absolute atomic E-state index is 0.773. The number of anilines is 1. The predicted octanol–water partition coefficient (Wildman–Crippen LogP) is 2.56. The van der Waals surface area contributed by atoms with Crippen LogP contribution in [-0.4, -0.2) is 32.9 Å². The van der Waals surface area contributed by atoms with Gasteiger partial charge in [-0.1, -0.05) is 0 Å². The van der Waals surface area contributed by atoms with Gasteiger partial charge in [0.05, 0.1) is 0 Å². The van der Waals surface area contributed by atoms with E-state index >= 15 is 0 Å². The van der Waals surface area contributed by atoms with E-state index in [4.69, 9.17) is 0 Å². The van der Waals surface area contributed by atoms with Crippen LogP contribution >= 0.6 is 0 Å². The van der Waals surface area contributed by atoms with E-state index in [9.17, 15) is 0 Å². The van der Waals surface area contributed by atoms with Crippen LogP contribution in [-0.2, 0) is 19.5 Å². The van der Waals surface area contributed by atoms with Crippen LogP contribution in [0.15, 0.2) is 24.7 Å². The van der Waals surface area contributed by atoms with E-state index in [0.29, 0.717) is 0 Å². The highest BCUT2D eigenvalue weighted by Crippen LogP contribution is 2.31. The van der Waals surface area contributed by atoms with E-state index in [-0.39, 0.29) is 0 Å². The quantitative estimate of drug-likeness (QED) is 0.920. The van der Waals surface area contributed by atoms with Crippen molar-refractivity contribution in [3.63, 3.8) is 0 Å². The first-order chi connectivity index (χ1) is 11.3. The molecule has 5 nitrogen and oxygen atoms in total. The number of aryl methyl sites for hydroxylation is 1. The van der Waals surface area contributed by atoms with Crippen molar-refractivity contribution in [1.82, 2.24) is 19.9 Å². The van der Waals surface area contributed by atoms with Gasteiger partial charge in [0.25, 0.3) is 0 Å². The molecule has 1 aliphatic carbocycles. The average molecular weight is 309 g/mol. The molecule has 2 aromatic heterocycles. The number of nitrogens with zero attached hydrogens (tertiary/aromatic N) is 4. The van der Waals surface area contributed by atoms with Gasteiger partial charge in [-0.2, -0.15) is 0 Å². The molecule has 1 aliphatic heterocycles. The van der Waals surface area contributed by atoms with E-state index in [2.05, 4.69) is 25.2 Å². The maximum Gasteiger partial charge on any atom is 0.129 e. The van der Waals surface area contributed by atoms with Crippen molar-refractivity contribution in [3.8, 4) is 0 Å². The largest absolute Gasteiger partial charge is 0.366 e. The smallest absolute Gasteiger partial charge is 0.129 e. The summed E-state index contributed by atoms with van der Waals surface area (Å²) in [7, 11) is 0. The van der Waals surface area contributed by atoms with E-state index in [0.717, 1.165) is 37.1 Å². The van der Waals surface area contributed by atoms with Gasteiger partial charge in [-0.25, -0.2) is 9.97 Å². The number of hydrogen-bond acceptors (Lipinski definition) is 5. The first-order valence-corrected chi connectivity index (χ1v) is 8.48. The van der Waals surface area contributed by atoms with Crippen molar-refractivity contribution in [2.24, 2.45) is 5.92 Å². The van der Waals surface area contributed by atoms with E-state index in [1.54, 1.807) is 6.20 Å². The lowest BCUT2D eigenvalue weighted by Crippen LogP contribution is -2.33. The zero-order chi connectivity index (χ0) is 15.6. The maximum atomic E-state index is 4.46. The second-order valence-corrected chi connectivity index (χ2v) is 6.71. The average Bonchev–Trinajstić information content (AvgIpc) is 3.37. The molecule has 1 N–H and O–H groups in total. The SMILES string of the molecule is Cc1nccc(NCc2cncc3c2CCN(CC2CC2)C3)n1. The molecule has 120 valence electrons. The minimum Gasteiger partial charge on any atom is -0.366 e. The lowest BCUT2D eigenvalue weighted by molar-refractivity contribution is 0.243. The van der Waals surface area contributed by atoms with Gasteiger partial charge < -0.3 is 5.32 Å². The third kappa shape index (κ3) is 3.50. The third-order valence-corrected chi connectivity index (χ3v) is 4.76. The Morgan fingerprint density at radius 3 is 3.04 bits per heavy atom. The lowest BCUT2D eigenvalue weighted by atomic mass is 9.97. The number of nitrogens with one attached hydrogen (secondary N) is 1. The molecule has 0 saturated heterocycles. The minimum atomic E-state index is 0.773. The molecule has 2 aromatic rings. The summed E-state index contributed by atoms with van der Waals surface area (Å²) in [6.07, 6.45) is 9.81. The number of hydrogen-bond donors (Lipinski definition) is 1. The molecule has 23 heavy (non-hydrogen) atoms. The van der Waals surface area contributed by atoms with Gasteiger partial charge >= 0.3 is 0 Å². The van der Waals surface area contributed by atoms with Crippen molar-refractivity contribution in [2.45, 2.75) is 39.3 Å². The molecule has 0 spiro atoms. The molecule has 0 amide bonds. The molecular formula is C18H23N5. The molecule has 0 unspecified atom stereocenters. The fraction of sp³-hybridized carbons (Fsp3) is 0.500. The summed E-state index contributed by atoms with van der Waals surface area (Å²) in [5, 5.41) is 3.40. The van der Waals surface area contributed by atoms with E-state index in [1.807, 2.05) is 25.4 Å². The summed E-state index contributed by atoms with van der Waals surface area (Å²) in [6.45, 7) is 6.18. The van der Waals surface area contributed by atoms with E-state index in [1.165, 1.54) is 42.6 Å². The summed E-state index contributed by atoms with van der Waals surface area (Å²) in [5.41, 5.74) is 4.17. The van der Waals surface area contributed by atoms with Crippen LogP contribution in [0.25, 0.3) is 0 Å². The third-order valence-electron chi connectivity index (χ3n) is 4.76. The highest BCUT2D eigenvalue weighted by Gasteiger charge is 2.27. The molecule has 5 heteroatoms. The molecule has 0 atom stereocenters. The zero-order valence-electron chi connectivity index (χ0n) is 13.6. The van der Waals surface area contributed by atoms with Gasteiger partial charge in [0.2, 0.25) is 0 Å². The monoisotopic (exact) mass is 309 g/mol. The molecule has 1 fully saturated rings. The molecule has 1 saturated carbocycles. The molecular weight excluding hydrogens is 286 g/mol. The summed E-state index contributed by atoms with van der Waals surface area (Å²) in [6, 6.07) is 1.91. The maximum absolute atomic E-state index is 4.46. The zero-order valence-corrected chi connectivity index (χ0v) is 13.6. The predicted molar refractivity (Wildman–Crippen MR) is 90.0 cm³/mol. The Balaban J connectivity index is 1.45. The second kappa shape index (κ2) is 6.24. The highest BCUT2D eigenvalue weighted by molar-refractivity contribution is 5.39. The molecule has 0 bridgehead atoms. The van der Waals surface area contributed by atoms with Crippen molar-refractivity contribution in [1.29, 1.82) is 0 Å². The van der Waals surface area contributed by atoms with Crippen molar-refractivity contribution >= 4 is 5.82 Å². The van der Waals surface area contributed by atoms with Crippen molar-refractivity contribution in [3.05, 3.63) is 47.2 Å². The lowest BCUT2D eigenvalue weighted by Gasteiger charge is -2.29. The van der Waals surface area contributed by atoms with Crippen LogP contribution in [0.1, 0.15) is 35.4 Å². The first kappa shape index (κ1) is 14.6. The molecule has 2 aliphatic rings. The van der Waals surface area contributed by atoms with Crippen LogP contribution in [0.2, 0.25) is 0 Å². The Morgan fingerprint density at radius 2 is 2.22 bits per heavy atom. The van der Waals surface area contributed by atoms with Gasteiger partial charge in [-0.15, -0.1) is 0 Å². The van der Waals surface area contributed by atoms with Crippen molar-refractivity contribution in [2.75, 3.05) is 18.4 Å². The Labute approximate surface area is 137 Å². The standard InChI is InChI=1S/C18H23N5/c1-13-20-6-4-18(22-13)21-10-15-8-19-9-16-12-23(7-5-17(15)16)11-14-2-3-14/h4,6,8-9,14H,2-3,5,7,10-12H2,1H3,(H,20,21,22). The number of fused-ring (bicyclic) bond motifs is 1. The van der Waals surface area contributed by atoms with Crippen LogP contribution in [0, 0.1) is 12.8 Å². The second-order valence-electron chi connectivity index (χ2n) is 6.71. The van der Waals surface area contributed by atoms with Gasteiger partial charge in [0.1, 0.15) is 11.6 Å². The van der Waals surface area contributed by atoms with Crippen molar-refractivity contribution < 1.29 is 0 Å². The van der Waals surface area contributed by atoms with Crippen LogP contribution in [0.5, 0.6) is 0 Å².